The first-order chi connectivity index (χ1) is 16.0. The van der Waals surface area contributed by atoms with Gasteiger partial charge in [0.25, 0.3) is 0 Å². The molecule has 0 fully saturated rings. The van der Waals surface area contributed by atoms with Gasteiger partial charge in [0.2, 0.25) is 0 Å². The molecule has 0 amide bonds. The summed E-state index contributed by atoms with van der Waals surface area (Å²) in [6, 6.07) is 31.8. The highest BCUT2D eigenvalue weighted by molar-refractivity contribution is 5.53. The second-order valence-electron chi connectivity index (χ2n) is 9.26. The molecule has 3 aromatic carbocycles. The summed E-state index contributed by atoms with van der Waals surface area (Å²) in [4.78, 5) is 4.71. The smallest absolute Gasteiger partial charge is 0.152 e. The molecule has 0 spiro atoms. The van der Waals surface area contributed by atoms with Crippen LogP contribution in [0.15, 0.2) is 103 Å². The molecular formula is C30H33N3. The molecule has 0 aliphatic heterocycles. The predicted octanol–water partition coefficient (Wildman–Crippen LogP) is 7.06. The molecule has 0 aliphatic rings. The van der Waals surface area contributed by atoms with Gasteiger partial charge in [-0.25, -0.2) is 9.67 Å². The highest BCUT2D eigenvalue weighted by Crippen LogP contribution is 2.41. The van der Waals surface area contributed by atoms with Crippen molar-refractivity contribution in [1.29, 1.82) is 0 Å². The van der Waals surface area contributed by atoms with Crippen LogP contribution in [0.1, 0.15) is 50.2 Å². The molecule has 0 radical (unpaired) electrons. The second kappa shape index (κ2) is 9.99. The lowest BCUT2D eigenvalue weighted by molar-refractivity contribution is 0.357. The topological polar surface area (TPSA) is 30.7 Å². The van der Waals surface area contributed by atoms with E-state index in [1.54, 1.807) is 6.33 Å². The first kappa shape index (κ1) is 22.7. The fraction of sp³-hybridized carbons (Fsp3) is 0.267. The lowest BCUT2D eigenvalue weighted by Gasteiger charge is -2.36. The first-order valence-electron chi connectivity index (χ1n) is 11.8. The van der Waals surface area contributed by atoms with Gasteiger partial charge in [0.1, 0.15) is 11.9 Å². The molecule has 1 aromatic heterocycles. The number of allylic oxidation sites excluding steroid dienone is 1. The molecule has 0 bridgehead atoms. The van der Waals surface area contributed by atoms with E-state index in [1.165, 1.54) is 0 Å². The van der Waals surface area contributed by atoms with Crippen molar-refractivity contribution < 1.29 is 0 Å². The monoisotopic (exact) mass is 435 g/mol. The van der Waals surface area contributed by atoms with E-state index >= 15 is 0 Å². The van der Waals surface area contributed by atoms with Gasteiger partial charge in [-0.1, -0.05) is 125 Å². The van der Waals surface area contributed by atoms with Gasteiger partial charge in [0.05, 0.1) is 0 Å². The van der Waals surface area contributed by atoms with Crippen molar-refractivity contribution in [3.05, 3.63) is 126 Å². The molecule has 168 valence electrons. The third kappa shape index (κ3) is 4.41. The fourth-order valence-electron chi connectivity index (χ4n) is 4.94. The summed E-state index contributed by atoms with van der Waals surface area (Å²) in [5.41, 5.74) is 2.79. The molecule has 0 unspecified atom stereocenters. The van der Waals surface area contributed by atoms with Crippen LogP contribution >= 0.6 is 0 Å². The molecule has 0 aliphatic carbocycles. The van der Waals surface area contributed by atoms with Gasteiger partial charge >= 0.3 is 0 Å². The SMILES string of the molecule is CC(C)C(C=Cc1ncnn1C(c1ccccc1)(c1ccccc1)c1ccccc1)C(C)C. The summed E-state index contributed by atoms with van der Waals surface area (Å²) < 4.78 is 2.08. The predicted molar refractivity (Wildman–Crippen MR) is 137 cm³/mol. The highest BCUT2D eigenvalue weighted by Gasteiger charge is 2.40. The minimum Gasteiger partial charge on any atom is -0.227 e. The van der Waals surface area contributed by atoms with Gasteiger partial charge in [0, 0.05) is 0 Å². The minimum atomic E-state index is -0.648. The molecule has 0 saturated heterocycles. The van der Waals surface area contributed by atoms with Crippen LogP contribution < -0.4 is 0 Å². The Morgan fingerprint density at radius 2 is 1.09 bits per heavy atom. The van der Waals surface area contributed by atoms with Crippen LogP contribution in [0, 0.1) is 17.8 Å². The maximum absolute atomic E-state index is 4.84. The number of benzene rings is 3. The molecule has 33 heavy (non-hydrogen) atoms. The van der Waals surface area contributed by atoms with E-state index in [-0.39, 0.29) is 0 Å². The van der Waals surface area contributed by atoms with Crippen LogP contribution in [0.4, 0.5) is 0 Å². The average molecular weight is 436 g/mol. The molecular weight excluding hydrogens is 402 g/mol. The Morgan fingerprint density at radius 3 is 1.48 bits per heavy atom. The van der Waals surface area contributed by atoms with Crippen LogP contribution in [0.3, 0.4) is 0 Å². The zero-order chi connectivity index (χ0) is 23.3. The van der Waals surface area contributed by atoms with Gasteiger partial charge in [-0.2, -0.15) is 5.10 Å². The minimum absolute atomic E-state index is 0.467. The molecule has 3 heteroatoms. The normalized spacial score (nSPS) is 12.3. The molecule has 0 saturated carbocycles. The van der Waals surface area contributed by atoms with E-state index in [1.807, 2.05) is 0 Å². The number of nitrogens with zero attached hydrogens (tertiary/aromatic N) is 3. The van der Waals surface area contributed by atoms with Crippen molar-refractivity contribution in [3.8, 4) is 0 Å². The van der Waals surface area contributed by atoms with Crippen LogP contribution in [0.25, 0.3) is 6.08 Å². The maximum Gasteiger partial charge on any atom is 0.152 e. The number of hydrogen-bond acceptors (Lipinski definition) is 2. The molecule has 0 atom stereocenters. The van der Waals surface area contributed by atoms with Crippen molar-refractivity contribution in [2.24, 2.45) is 17.8 Å². The summed E-state index contributed by atoms with van der Waals surface area (Å²) in [6.45, 7) is 9.12. The Hall–Kier alpha value is -3.46. The van der Waals surface area contributed by atoms with Crippen LogP contribution in [-0.2, 0) is 5.54 Å². The first-order valence-corrected chi connectivity index (χ1v) is 11.8. The van der Waals surface area contributed by atoms with Gasteiger partial charge in [-0.05, 0) is 40.5 Å². The van der Waals surface area contributed by atoms with Crippen LogP contribution in [0.5, 0.6) is 0 Å². The third-order valence-corrected chi connectivity index (χ3v) is 6.47. The van der Waals surface area contributed by atoms with Gasteiger partial charge in [0.15, 0.2) is 5.82 Å². The van der Waals surface area contributed by atoms with Crippen LogP contribution in [-0.4, -0.2) is 14.8 Å². The lowest BCUT2D eigenvalue weighted by atomic mass is 9.77. The van der Waals surface area contributed by atoms with Gasteiger partial charge in [-0.3, -0.25) is 0 Å². The Labute approximate surface area is 197 Å². The van der Waals surface area contributed by atoms with E-state index in [4.69, 9.17) is 10.1 Å². The Bertz CT molecular complexity index is 1050. The summed E-state index contributed by atoms with van der Waals surface area (Å²) in [5, 5.41) is 4.84. The largest absolute Gasteiger partial charge is 0.227 e. The maximum atomic E-state index is 4.84. The lowest BCUT2D eigenvalue weighted by Crippen LogP contribution is -2.39. The van der Waals surface area contributed by atoms with E-state index in [9.17, 15) is 0 Å². The summed E-state index contributed by atoms with van der Waals surface area (Å²) >= 11 is 0. The number of aromatic nitrogens is 3. The second-order valence-corrected chi connectivity index (χ2v) is 9.26. The molecule has 3 nitrogen and oxygen atoms in total. The molecule has 1 heterocycles. The van der Waals surface area contributed by atoms with E-state index in [0.717, 1.165) is 22.5 Å². The Balaban J connectivity index is 2.00. The van der Waals surface area contributed by atoms with E-state index in [2.05, 4.69) is 136 Å². The average Bonchev–Trinajstić information content (AvgIpc) is 3.30. The number of hydrogen-bond donors (Lipinski definition) is 0. The standard InChI is InChI=1S/C30H33N3/c1-23(2)28(24(3)4)20-21-29-31-22-32-33(29)30(25-14-8-5-9-15-25,26-16-10-6-11-17-26)27-18-12-7-13-19-27/h5-24,28H,1-4H3. The third-order valence-electron chi connectivity index (χ3n) is 6.47. The number of rotatable bonds is 8. The zero-order valence-electron chi connectivity index (χ0n) is 20.0. The van der Waals surface area contributed by atoms with Crippen molar-refractivity contribution in [2.75, 3.05) is 0 Å². The van der Waals surface area contributed by atoms with Crippen molar-refractivity contribution >= 4 is 6.08 Å². The van der Waals surface area contributed by atoms with Crippen molar-refractivity contribution in [3.63, 3.8) is 0 Å². The fourth-order valence-corrected chi connectivity index (χ4v) is 4.94. The molecule has 0 N–H and O–H groups in total. The van der Waals surface area contributed by atoms with Crippen molar-refractivity contribution in [1.82, 2.24) is 14.8 Å². The quantitative estimate of drug-likeness (QED) is 0.277. The molecule has 4 aromatic rings. The zero-order valence-corrected chi connectivity index (χ0v) is 20.0. The van der Waals surface area contributed by atoms with Crippen molar-refractivity contribution in [2.45, 2.75) is 33.2 Å². The van der Waals surface area contributed by atoms with Gasteiger partial charge in [-0.15, -0.1) is 0 Å². The van der Waals surface area contributed by atoms with E-state index in [0.29, 0.717) is 17.8 Å². The Morgan fingerprint density at radius 1 is 0.667 bits per heavy atom. The summed E-state index contributed by atoms with van der Waals surface area (Å²) in [5.74, 6) is 2.42. The van der Waals surface area contributed by atoms with Gasteiger partial charge < -0.3 is 0 Å². The Kier molecular flexibility index (Phi) is 6.88. The molecule has 4 rings (SSSR count). The van der Waals surface area contributed by atoms with E-state index < -0.39 is 5.54 Å². The highest BCUT2D eigenvalue weighted by atomic mass is 15.4. The van der Waals surface area contributed by atoms with Crippen LogP contribution in [0.2, 0.25) is 0 Å². The summed E-state index contributed by atoms with van der Waals surface area (Å²) in [6.07, 6.45) is 6.13. The summed E-state index contributed by atoms with van der Waals surface area (Å²) in [7, 11) is 0.